The Bertz CT molecular complexity index is 1650. The van der Waals surface area contributed by atoms with Crippen molar-refractivity contribution >= 4 is 35.3 Å². The molecule has 0 atom stereocenters. The number of amides is 1. The minimum Gasteiger partial charge on any atom is -0.457 e. The maximum atomic E-state index is 11.2. The molecule has 200 valence electrons. The van der Waals surface area contributed by atoms with Crippen molar-refractivity contribution in [3.8, 4) is 33.9 Å². The minimum atomic E-state index is -0.102. The number of imidazole rings is 1. The van der Waals surface area contributed by atoms with Crippen molar-refractivity contribution in [2.45, 2.75) is 27.3 Å². The molecule has 0 fully saturated rings. The lowest BCUT2D eigenvalue weighted by Gasteiger charge is -2.08. The number of benzene rings is 4. The van der Waals surface area contributed by atoms with Crippen molar-refractivity contribution in [2.75, 3.05) is 5.32 Å². The van der Waals surface area contributed by atoms with Gasteiger partial charge in [0.2, 0.25) is 5.91 Å². The van der Waals surface area contributed by atoms with Crippen LogP contribution >= 0.6 is 11.6 Å². The number of halogens is 1. The van der Waals surface area contributed by atoms with E-state index < -0.39 is 0 Å². The van der Waals surface area contributed by atoms with Crippen LogP contribution in [-0.4, -0.2) is 15.5 Å². The van der Waals surface area contributed by atoms with E-state index in [4.69, 9.17) is 21.3 Å². The van der Waals surface area contributed by atoms with Gasteiger partial charge in [0, 0.05) is 30.9 Å². The van der Waals surface area contributed by atoms with Crippen molar-refractivity contribution in [2.24, 2.45) is 0 Å². The van der Waals surface area contributed by atoms with Crippen LogP contribution in [0.25, 0.3) is 34.5 Å². The summed E-state index contributed by atoms with van der Waals surface area (Å²) in [6.45, 7) is 6.44. The average Bonchev–Trinajstić information content (AvgIpc) is 3.36. The number of ether oxygens (including phenoxy) is 1. The van der Waals surface area contributed by atoms with Gasteiger partial charge in [0.25, 0.3) is 0 Å². The zero-order valence-electron chi connectivity index (χ0n) is 22.7. The molecule has 5 rings (SSSR count). The molecule has 0 saturated heterocycles. The Kier molecular flexibility index (Phi) is 8.13. The molecule has 0 aliphatic rings. The molecular weight excluding hydrogens is 518 g/mol. The Morgan fingerprint density at radius 2 is 1.52 bits per heavy atom. The molecule has 1 N–H and O–H groups in total. The van der Waals surface area contributed by atoms with E-state index in [9.17, 15) is 4.79 Å². The Morgan fingerprint density at radius 3 is 2.12 bits per heavy atom. The third-order valence-corrected chi connectivity index (χ3v) is 6.79. The monoisotopic (exact) mass is 547 g/mol. The van der Waals surface area contributed by atoms with Gasteiger partial charge in [-0.3, -0.25) is 4.79 Å². The standard InChI is InChI=1S/C34H30ClN3O2/c1-4-38-22-33(31-19-5-23(2)21-32(31)35)37-34(38)20-8-25-6-9-26(10-7-25)27-11-15-29(16-12-27)40-30-17-13-28(14-18-30)36-24(3)39/h5-22H,4H2,1-3H3,(H,36,39). The highest BCUT2D eigenvalue weighted by Gasteiger charge is 2.10. The molecule has 0 bridgehead atoms. The van der Waals surface area contributed by atoms with Crippen LogP contribution in [-0.2, 0) is 11.3 Å². The number of carbonyl (C=O) groups excluding carboxylic acids is 1. The second-order valence-electron chi connectivity index (χ2n) is 9.54. The molecule has 6 heteroatoms. The normalized spacial score (nSPS) is 11.1. The van der Waals surface area contributed by atoms with Gasteiger partial charge < -0.3 is 14.6 Å². The number of nitrogens with zero attached hydrogens (tertiary/aromatic N) is 2. The lowest BCUT2D eigenvalue weighted by Crippen LogP contribution is -2.05. The predicted molar refractivity (Wildman–Crippen MR) is 165 cm³/mol. The van der Waals surface area contributed by atoms with Crippen molar-refractivity contribution in [1.82, 2.24) is 9.55 Å². The second kappa shape index (κ2) is 12.1. The van der Waals surface area contributed by atoms with Crippen LogP contribution in [0.15, 0.2) is 97.2 Å². The fourth-order valence-corrected chi connectivity index (χ4v) is 4.72. The summed E-state index contributed by atoms with van der Waals surface area (Å²) in [5.74, 6) is 2.23. The van der Waals surface area contributed by atoms with Gasteiger partial charge in [0.05, 0.1) is 10.7 Å². The molecule has 1 amide bonds. The average molecular weight is 548 g/mol. The first-order chi connectivity index (χ1) is 19.4. The first kappa shape index (κ1) is 27.0. The van der Waals surface area contributed by atoms with Gasteiger partial charge in [-0.25, -0.2) is 4.98 Å². The van der Waals surface area contributed by atoms with Crippen molar-refractivity contribution in [3.63, 3.8) is 0 Å². The molecule has 1 heterocycles. The molecular formula is C34H30ClN3O2. The van der Waals surface area contributed by atoms with Gasteiger partial charge >= 0.3 is 0 Å². The van der Waals surface area contributed by atoms with E-state index in [0.29, 0.717) is 10.8 Å². The number of rotatable bonds is 8. The zero-order chi connectivity index (χ0) is 28.1. The maximum Gasteiger partial charge on any atom is 0.221 e. The van der Waals surface area contributed by atoms with E-state index in [2.05, 4.69) is 53.2 Å². The van der Waals surface area contributed by atoms with Gasteiger partial charge in [-0.15, -0.1) is 0 Å². The topological polar surface area (TPSA) is 56.1 Å². The molecule has 5 nitrogen and oxygen atoms in total. The second-order valence-corrected chi connectivity index (χ2v) is 9.95. The summed E-state index contributed by atoms with van der Waals surface area (Å²) in [6, 6.07) is 29.8. The van der Waals surface area contributed by atoms with E-state index in [1.54, 1.807) is 0 Å². The highest BCUT2D eigenvalue weighted by molar-refractivity contribution is 6.33. The lowest BCUT2D eigenvalue weighted by molar-refractivity contribution is -0.114. The quantitative estimate of drug-likeness (QED) is 0.211. The molecule has 0 saturated carbocycles. The molecule has 0 unspecified atom stereocenters. The number of carbonyl (C=O) groups is 1. The minimum absolute atomic E-state index is 0.102. The van der Waals surface area contributed by atoms with Crippen LogP contribution in [0.1, 0.15) is 30.8 Å². The Balaban J connectivity index is 1.25. The fraction of sp³-hybridized carbons (Fsp3) is 0.118. The molecule has 4 aromatic carbocycles. The molecule has 0 spiro atoms. The van der Waals surface area contributed by atoms with Gasteiger partial charge in [-0.05, 0) is 84.6 Å². The number of anilines is 1. The predicted octanol–water partition coefficient (Wildman–Crippen LogP) is 9.12. The number of hydrogen-bond donors (Lipinski definition) is 1. The summed E-state index contributed by atoms with van der Waals surface area (Å²) in [5.41, 5.74) is 6.99. The molecule has 5 aromatic rings. The maximum absolute atomic E-state index is 11.2. The zero-order valence-corrected chi connectivity index (χ0v) is 23.4. The van der Waals surface area contributed by atoms with Crippen LogP contribution in [0.2, 0.25) is 5.02 Å². The summed E-state index contributed by atoms with van der Waals surface area (Å²) in [7, 11) is 0. The lowest BCUT2D eigenvalue weighted by atomic mass is 10.0. The molecule has 1 aromatic heterocycles. The van der Waals surface area contributed by atoms with Crippen LogP contribution in [0, 0.1) is 6.92 Å². The summed E-state index contributed by atoms with van der Waals surface area (Å²) < 4.78 is 8.07. The van der Waals surface area contributed by atoms with E-state index in [-0.39, 0.29) is 5.91 Å². The number of aryl methyl sites for hydroxylation is 2. The third kappa shape index (κ3) is 6.50. The molecule has 0 aliphatic heterocycles. The highest BCUT2D eigenvalue weighted by atomic mass is 35.5. The van der Waals surface area contributed by atoms with Crippen molar-refractivity contribution in [3.05, 3.63) is 119 Å². The van der Waals surface area contributed by atoms with Crippen LogP contribution in [0.5, 0.6) is 11.5 Å². The van der Waals surface area contributed by atoms with Crippen LogP contribution in [0.3, 0.4) is 0 Å². The van der Waals surface area contributed by atoms with E-state index in [1.165, 1.54) is 6.92 Å². The molecule has 0 aliphatic carbocycles. The van der Waals surface area contributed by atoms with Crippen LogP contribution in [0.4, 0.5) is 5.69 Å². The molecule has 40 heavy (non-hydrogen) atoms. The first-order valence-electron chi connectivity index (χ1n) is 13.2. The first-order valence-corrected chi connectivity index (χ1v) is 13.5. The van der Waals surface area contributed by atoms with Crippen molar-refractivity contribution < 1.29 is 9.53 Å². The van der Waals surface area contributed by atoms with E-state index in [1.807, 2.05) is 79.9 Å². The van der Waals surface area contributed by atoms with Crippen LogP contribution < -0.4 is 10.1 Å². The summed E-state index contributed by atoms with van der Waals surface area (Å²) >= 11 is 6.49. The largest absolute Gasteiger partial charge is 0.457 e. The fourth-order valence-electron chi connectivity index (χ4n) is 4.39. The highest BCUT2D eigenvalue weighted by Crippen LogP contribution is 2.29. The van der Waals surface area contributed by atoms with E-state index >= 15 is 0 Å². The number of nitrogens with one attached hydrogen (secondary N) is 1. The summed E-state index contributed by atoms with van der Waals surface area (Å²) in [6.07, 6.45) is 6.17. The molecule has 0 radical (unpaired) electrons. The van der Waals surface area contributed by atoms with Gasteiger partial charge in [-0.1, -0.05) is 66.2 Å². The summed E-state index contributed by atoms with van der Waals surface area (Å²) in [4.78, 5) is 16.0. The Hall–Kier alpha value is -4.61. The van der Waals surface area contributed by atoms with E-state index in [0.717, 1.165) is 57.3 Å². The third-order valence-electron chi connectivity index (χ3n) is 6.48. The Labute approximate surface area is 239 Å². The van der Waals surface area contributed by atoms with Gasteiger partial charge in [0.1, 0.15) is 17.3 Å². The van der Waals surface area contributed by atoms with Gasteiger partial charge in [-0.2, -0.15) is 0 Å². The van der Waals surface area contributed by atoms with Gasteiger partial charge in [0.15, 0.2) is 0 Å². The Morgan fingerprint density at radius 1 is 0.900 bits per heavy atom. The SMILES string of the molecule is CCn1cc(-c2ccc(C)cc2Cl)nc1C=Cc1ccc(-c2ccc(Oc3ccc(NC(C)=O)cc3)cc2)cc1. The summed E-state index contributed by atoms with van der Waals surface area (Å²) in [5, 5.41) is 3.46. The number of aromatic nitrogens is 2. The van der Waals surface area contributed by atoms with Crippen molar-refractivity contribution in [1.29, 1.82) is 0 Å². The number of hydrogen-bond acceptors (Lipinski definition) is 3. The smallest absolute Gasteiger partial charge is 0.221 e.